The van der Waals surface area contributed by atoms with Crippen molar-refractivity contribution in [1.82, 2.24) is 25.2 Å². The predicted octanol–water partition coefficient (Wildman–Crippen LogP) is 9.19. The number of carbonyl (C=O) groups excluding carboxylic acids is 1. The second-order valence-electron chi connectivity index (χ2n) is 15.4. The van der Waals surface area contributed by atoms with Crippen LogP contribution in [0.2, 0.25) is 15.1 Å². The predicted molar refractivity (Wildman–Crippen MR) is 226 cm³/mol. The van der Waals surface area contributed by atoms with Crippen LogP contribution >= 0.6 is 34.8 Å². The van der Waals surface area contributed by atoms with E-state index in [0.29, 0.717) is 96.1 Å². The van der Waals surface area contributed by atoms with Crippen LogP contribution < -0.4 is 19.5 Å². The number of nitrogens with one attached hydrogen (secondary N) is 1. The van der Waals surface area contributed by atoms with E-state index in [0.717, 1.165) is 63.9 Å². The lowest BCUT2D eigenvalue weighted by Gasteiger charge is -2.21. The van der Waals surface area contributed by atoms with E-state index in [2.05, 4.69) is 27.3 Å². The number of aliphatic carboxylic acids is 1. The van der Waals surface area contributed by atoms with Crippen molar-refractivity contribution in [3.05, 3.63) is 116 Å². The van der Waals surface area contributed by atoms with Crippen LogP contribution in [0.3, 0.4) is 0 Å². The Kier molecular flexibility index (Phi) is 12.7. The van der Waals surface area contributed by atoms with Gasteiger partial charge in [0.15, 0.2) is 0 Å². The third-order valence-electron chi connectivity index (χ3n) is 11.4. The van der Waals surface area contributed by atoms with Gasteiger partial charge >= 0.3 is 5.97 Å². The number of hydrogen-bond acceptors (Lipinski definition) is 10. The second-order valence-corrected chi connectivity index (χ2v) is 16.6. The van der Waals surface area contributed by atoms with Crippen LogP contribution in [0.5, 0.6) is 17.6 Å². The summed E-state index contributed by atoms with van der Waals surface area (Å²) in [6.07, 6.45) is 7.19. The lowest BCUT2D eigenvalue weighted by Crippen LogP contribution is -2.23. The molecule has 2 aliphatic carbocycles. The molecule has 3 aromatic heterocycles. The van der Waals surface area contributed by atoms with E-state index in [1.165, 1.54) is 0 Å². The van der Waals surface area contributed by atoms with Crippen molar-refractivity contribution in [3.8, 4) is 40.0 Å². The van der Waals surface area contributed by atoms with E-state index in [9.17, 15) is 14.7 Å². The Bertz CT molecular complexity index is 2380. The zero-order valence-corrected chi connectivity index (χ0v) is 34.8. The fourth-order valence-corrected chi connectivity index (χ4v) is 9.13. The highest BCUT2D eigenvalue weighted by molar-refractivity contribution is 6.36. The van der Waals surface area contributed by atoms with Gasteiger partial charge in [-0.15, -0.1) is 0 Å². The number of benzene rings is 2. The summed E-state index contributed by atoms with van der Waals surface area (Å²) in [7, 11) is 1.62. The Labute approximate surface area is 358 Å². The molecule has 0 bridgehead atoms. The van der Waals surface area contributed by atoms with Crippen LogP contribution in [-0.2, 0) is 35.7 Å². The number of halogens is 3. The van der Waals surface area contributed by atoms with Crippen molar-refractivity contribution in [1.29, 1.82) is 0 Å². The molecule has 0 radical (unpaired) electrons. The highest BCUT2D eigenvalue weighted by Gasteiger charge is 2.31. The smallest absolute Gasteiger partial charge is 0.307 e. The number of likely N-dealkylation sites (tertiary alicyclic amines) is 1. The first-order valence-electron chi connectivity index (χ1n) is 19.8. The molecule has 4 heterocycles. The van der Waals surface area contributed by atoms with Gasteiger partial charge in [-0.1, -0.05) is 77.3 Å². The zero-order valence-electron chi connectivity index (χ0n) is 32.6. The lowest BCUT2D eigenvalue weighted by molar-refractivity contribution is -0.141. The maximum Gasteiger partial charge on any atom is 0.307 e. The van der Waals surface area contributed by atoms with Gasteiger partial charge in [0.25, 0.3) is 0 Å². The summed E-state index contributed by atoms with van der Waals surface area (Å²) in [4.78, 5) is 39.2. The third kappa shape index (κ3) is 9.35. The van der Waals surface area contributed by atoms with E-state index in [4.69, 9.17) is 59.0 Å². The Balaban J connectivity index is 1.02. The minimum Gasteiger partial charge on any atom is -0.481 e. The standard InChI is InChI=1S/C45H44Cl3N5O6/c1-57-42-28(21-49-19-26-8-10-32(54)17-26)9-12-39(51-42)37-7-3-6-36(41(37)48)33-4-2-5-35-34(33)11-13-40(35)59-44-38(47)18-30(24-53-15-14-29(23-53)45(55)56)43(52-44)58-25-27-16-31(46)22-50-20-27/h2-7,9,12,16,18,20,22,26,29,40,49H,8,10-11,13-15,17,19,21,23-25H2,1H3,(H,55,56)/t26-,29+,40+/m1/s1. The van der Waals surface area contributed by atoms with Crippen LogP contribution in [-0.4, -0.2) is 63.5 Å². The third-order valence-corrected chi connectivity index (χ3v) is 12.3. The number of pyridine rings is 3. The zero-order chi connectivity index (χ0) is 41.0. The van der Waals surface area contributed by atoms with Crippen LogP contribution in [0.1, 0.15) is 66.0 Å². The number of rotatable bonds is 15. The van der Waals surface area contributed by atoms with E-state index in [1.54, 1.807) is 31.6 Å². The second kappa shape index (κ2) is 18.2. The van der Waals surface area contributed by atoms with E-state index in [-0.39, 0.29) is 18.6 Å². The van der Waals surface area contributed by atoms with Gasteiger partial charge in [0.2, 0.25) is 17.6 Å². The summed E-state index contributed by atoms with van der Waals surface area (Å²) in [6, 6.07) is 19.7. The highest BCUT2D eigenvalue weighted by atomic mass is 35.5. The average molecular weight is 857 g/mol. The number of methoxy groups -OCH3 is 1. The number of Topliss-reactive ketones (excluding diaryl/α,β-unsaturated/α-hetero) is 1. The molecular formula is C45H44Cl3N5O6. The molecule has 14 heteroatoms. The van der Waals surface area contributed by atoms with E-state index in [1.807, 2.05) is 36.4 Å². The monoisotopic (exact) mass is 855 g/mol. The molecule has 11 nitrogen and oxygen atoms in total. The Morgan fingerprint density at radius 1 is 0.915 bits per heavy atom. The molecule has 2 fully saturated rings. The summed E-state index contributed by atoms with van der Waals surface area (Å²) < 4.78 is 18.6. The summed E-state index contributed by atoms with van der Waals surface area (Å²) in [5.41, 5.74) is 7.97. The maximum absolute atomic E-state index is 11.7. The van der Waals surface area contributed by atoms with Gasteiger partial charge < -0.3 is 24.6 Å². The Morgan fingerprint density at radius 2 is 1.75 bits per heavy atom. The first-order chi connectivity index (χ1) is 28.6. The van der Waals surface area contributed by atoms with Gasteiger partial charge in [0.05, 0.1) is 28.8 Å². The largest absolute Gasteiger partial charge is 0.481 e. The quantitative estimate of drug-likeness (QED) is 0.104. The van der Waals surface area contributed by atoms with Crippen LogP contribution in [0, 0.1) is 11.8 Å². The summed E-state index contributed by atoms with van der Waals surface area (Å²) in [6.45, 7) is 3.01. The normalized spacial score (nSPS) is 18.9. The van der Waals surface area contributed by atoms with Crippen molar-refractivity contribution in [2.24, 2.45) is 11.8 Å². The molecule has 0 spiro atoms. The average Bonchev–Trinajstić information content (AvgIpc) is 3.99. The Morgan fingerprint density at radius 3 is 2.53 bits per heavy atom. The first kappa shape index (κ1) is 41.0. The number of carbonyl (C=O) groups is 2. The number of ketones is 1. The molecule has 3 aliphatic rings. The molecule has 2 aromatic carbocycles. The molecule has 59 heavy (non-hydrogen) atoms. The van der Waals surface area contributed by atoms with Gasteiger partial charge in [0, 0.05) is 72.7 Å². The molecule has 3 atom stereocenters. The molecule has 306 valence electrons. The molecule has 0 unspecified atom stereocenters. The van der Waals surface area contributed by atoms with Crippen molar-refractivity contribution in [2.45, 2.75) is 64.3 Å². The van der Waals surface area contributed by atoms with Crippen LogP contribution in [0.15, 0.2) is 73.1 Å². The van der Waals surface area contributed by atoms with Crippen LogP contribution in [0.25, 0.3) is 22.4 Å². The van der Waals surface area contributed by atoms with Gasteiger partial charge in [-0.05, 0) is 79.6 Å². The van der Waals surface area contributed by atoms with Crippen molar-refractivity contribution in [3.63, 3.8) is 0 Å². The van der Waals surface area contributed by atoms with Crippen LogP contribution in [0.4, 0.5) is 0 Å². The molecule has 2 N–H and O–H groups in total. The molecule has 1 aliphatic heterocycles. The number of hydrogen-bond donors (Lipinski definition) is 2. The molecule has 8 rings (SSSR count). The van der Waals surface area contributed by atoms with Crippen molar-refractivity contribution in [2.75, 3.05) is 26.7 Å². The van der Waals surface area contributed by atoms with E-state index < -0.39 is 11.9 Å². The van der Waals surface area contributed by atoms with Gasteiger partial charge in [-0.3, -0.25) is 19.5 Å². The molecule has 1 saturated heterocycles. The Hall–Kier alpha value is -4.78. The van der Waals surface area contributed by atoms with E-state index >= 15 is 0 Å². The number of carboxylic acids is 1. The minimum absolute atomic E-state index is 0.163. The molecule has 0 amide bonds. The lowest BCUT2D eigenvalue weighted by atomic mass is 9.94. The summed E-state index contributed by atoms with van der Waals surface area (Å²) >= 11 is 20.3. The number of ether oxygens (including phenoxy) is 3. The summed E-state index contributed by atoms with van der Waals surface area (Å²) in [5, 5.41) is 14.4. The number of fused-ring (bicyclic) bond motifs is 1. The van der Waals surface area contributed by atoms with Gasteiger partial charge in [-0.25, -0.2) is 4.98 Å². The molecule has 1 saturated carbocycles. The minimum atomic E-state index is -0.796. The number of carboxylic acid groups (broad SMARTS) is 1. The van der Waals surface area contributed by atoms with Crippen molar-refractivity contribution >= 4 is 46.6 Å². The fourth-order valence-electron chi connectivity index (χ4n) is 8.39. The number of nitrogens with zero attached hydrogens (tertiary/aromatic N) is 4. The molecule has 5 aromatic rings. The first-order valence-corrected chi connectivity index (χ1v) is 21.0. The fraction of sp³-hybridized carbons (Fsp3) is 0.356. The highest BCUT2D eigenvalue weighted by Crippen LogP contribution is 2.45. The summed E-state index contributed by atoms with van der Waals surface area (Å²) in [5.74, 6) is 0.617. The maximum atomic E-state index is 11.7. The van der Waals surface area contributed by atoms with Crippen molar-refractivity contribution < 1.29 is 28.9 Å². The van der Waals surface area contributed by atoms with Gasteiger partial charge in [-0.2, -0.15) is 4.98 Å². The molecular weight excluding hydrogens is 813 g/mol. The van der Waals surface area contributed by atoms with Gasteiger partial charge in [0.1, 0.15) is 23.5 Å². The SMILES string of the molecule is COc1nc(-c2cccc(-c3cccc4c3CC[C@@H]4Oc3nc(OCc4cncc(Cl)c4)c(CN4CC[C@H](C(=O)O)C4)cc3Cl)c2Cl)ccc1CNC[C@@H]1CCC(=O)C1. The topological polar surface area (TPSA) is 136 Å². The number of aromatic nitrogens is 3.